The Hall–Kier alpha value is -3.10. The Morgan fingerprint density at radius 1 is 0.968 bits per heavy atom. The van der Waals surface area contributed by atoms with Crippen LogP contribution in [0.2, 0.25) is 0 Å². The third-order valence-electron chi connectivity index (χ3n) is 5.53. The predicted molar refractivity (Wildman–Crippen MR) is 120 cm³/mol. The second kappa shape index (κ2) is 8.56. The first-order valence-electron chi connectivity index (χ1n) is 10.1. The lowest BCUT2D eigenvalue weighted by molar-refractivity contribution is -0.127. The number of carbonyl (C=O) groups excluding carboxylic acids is 1. The lowest BCUT2D eigenvalue weighted by atomic mass is 10.1. The van der Waals surface area contributed by atoms with Gasteiger partial charge < -0.3 is 4.90 Å². The topological polar surface area (TPSA) is 83.5 Å². The highest BCUT2D eigenvalue weighted by molar-refractivity contribution is 7.89. The molecule has 3 aromatic rings. The monoisotopic (exact) mass is 436 g/mol. The zero-order valence-electron chi connectivity index (χ0n) is 17.5. The maximum atomic E-state index is 12.9. The highest BCUT2D eigenvalue weighted by atomic mass is 32.2. The van der Waals surface area contributed by atoms with Crippen LogP contribution in [0.5, 0.6) is 0 Å². The van der Waals surface area contributed by atoms with Gasteiger partial charge in [-0.3, -0.25) is 9.78 Å². The molecule has 1 aliphatic heterocycles. The molecule has 0 bridgehead atoms. The van der Waals surface area contributed by atoms with E-state index in [4.69, 9.17) is 0 Å². The van der Waals surface area contributed by atoms with Gasteiger partial charge in [0.15, 0.2) is 0 Å². The second-order valence-electron chi connectivity index (χ2n) is 7.59. The van der Waals surface area contributed by atoms with Crippen LogP contribution < -0.4 is 0 Å². The van der Waals surface area contributed by atoms with Crippen molar-refractivity contribution in [3.8, 4) is 0 Å². The molecule has 0 radical (unpaired) electrons. The van der Waals surface area contributed by atoms with Crippen molar-refractivity contribution in [3.05, 3.63) is 71.6 Å². The van der Waals surface area contributed by atoms with Crippen LogP contribution in [0.4, 0.5) is 0 Å². The van der Waals surface area contributed by atoms with Gasteiger partial charge in [-0.2, -0.15) is 4.31 Å². The molecular weight excluding hydrogens is 412 g/mol. The first-order valence-corrected chi connectivity index (χ1v) is 11.5. The van der Waals surface area contributed by atoms with Crippen LogP contribution in [0, 0.1) is 13.8 Å². The summed E-state index contributed by atoms with van der Waals surface area (Å²) >= 11 is 0. The van der Waals surface area contributed by atoms with E-state index in [0.717, 1.165) is 22.2 Å². The zero-order chi connectivity index (χ0) is 22.0. The van der Waals surface area contributed by atoms with E-state index in [0.29, 0.717) is 23.7 Å². The SMILES string of the molecule is Cc1ccc(S(=O)(=O)N2CCN(C(=O)/C=C/c3cnc4ccccc4n3)CC2)cc1C. The van der Waals surface area contributed by atoms with E-state index in [1.807, 2.05) is 44.2 Å². The van der Waals surface area contributed by atoms with Gasteiger partial charge in [-0.15, -0.1) is 0 Å². The molecule has 0 spiro atoms. The van der Waals surface area contributed by atoms with Crippen LogP contribution in [-0.4, -0.2) is 59.7 Å². The predicted octanol–water partition coefficient (Wildman–Crippen LogP) is 2.79. The van der Waals surface area contributed by atoms with Gasteiger partial charge in [-0.1, -0.05) is 18.2 Å². The van der Waals surface area contributed by atoms with Crippen molar-refractivity contribution in [1.82, 2.24) is 19.2 Å². The minimum absolute atomic E-state index is 0.168. The number of amides is 1. The molecule has 31 heavy (non-hydrogen) atoms. The number of piperazine rings is 1. The fourth-order valence-corrected chi connectivity index (χ4v) is 4.99. The molecule has 2 heterocycles. The van der Waals surface area contributed by atoms with Crippen LogP contribution >= 0.6 is 0 Å². The average molecular weight is 437 g/mol. The van der Waals surface area contributed by atoms with E-state index in [1.54, 1.807) is 29.3 Å². The normalized spacial score (nSPS) is 15.6. The Kier molecular flexibility index (Phi) is 5.84. The number of aryl methyl sites for hydroxylation is 2. The molecule has 1 aromatic heterocycles. The van der Waals surface area contributed by atoms with Crippen LogP contribution in [0.15, 0.2) is 59.6 Å². The number of hydrogen-bond acceptors (Lipinski definition) is 5. The summed E-state index contributed by atoms with van der Waals surface area (Å²) in [5, 5.41) is 0. The molecule has 0 saturated carbocycles. The molecule has 0 N–H and O–H groups in total. The van der Waals surface area contributed by atoms with E-state index in [9.17, 15) is 13.2 Å². The first-order chi connectivity index (χ1) is 14.8. The molecule has 2 aromatic carbocycles. The Labute approximate surface area is 182 Å². The van der Waals surface area contributed by atoms with Gasteiger partial charge in [0.2, 0.25) is 15.9 Å². The van der Waals surface area contributed by atoms with Crippen LogP contribution in [0.1, 0.15) is 16.8 Å². The lowest BCUT2D eigenvalue weighted by Crippen LogP contribution is -2.50. The van der Waals surface area contributed by atoms with Gasteiger partial charge in [0.05, 0.1) is 27.8 Å². The summed E-state index contributed by atoms with van der Waals surface area (Å²) in [6.07, 6.45) is 4.73. The van der Waals surface area contributed by atoms with Gasteiger partial charge >= 0.3 is 0 Å². The molecule has 160 valence electrons. The molecule has 0 unspecified atom stereocenters. The van der Waals surface area contributed by atoms with E-state index < -0.39 is 10.0 Å². The molecule has 4 rings (SSSR count). The summed E-state index contributed by atoms with van der Waals surface area (Å²) in [5.74, 6) is -0.168. The molecule has 0 aliphatic carbocycles. The fourth-order valence-electron chi connectivity index (χ4n) is 3.49. The summed E-state index contributed by atoms with van der Waals surface area (Å²) in [7, 11) is -3.57. The van der Waals surface area contributed by atoms with Crippen molar-refractivity contribution in [2.24, 2.45) is 0 Å². The number of carbonyl (C=O) groups is 1. The van der Waals surface area contributed by atoms with Gasteiger partial charge in [-0.25, -0.2) is 13.4 Å². The number of nitrogens with zero attached hydrogens (tertiary/aromatic N) is 4. The van der Waals surface area contributed by atoms with Crippen LogP contribution in [-0.2, 0) is 14.8 Å². The molecule has 1 aliphatic rings. The number of fused-ring (bicyclic) bond motifs is 1. The zero-order valence-corrected chi connectivity index (χ0v) is 18.3. The first kappa shape index (κ1) is 21.1. The Morgan fingerprint density at radius 3 is 2.39 bits per heavy atom. The average Bonchev–Trinajstić information content (AvgIpc) is 2.79. The molecule has 8 heteroatoms. The number of aromatic nitrogens is 2. The lowest BCUT2D eigenvalue weighted by Gasteiger charge is -2.33. The van der Waals surface area contributed by atoms with Gasteiger partial charge in [0, 0.05) is 32.3 Å². The Bertz CT molecular complexity index is 1260. The van der Waals surface area contributed by atoms with E-state index in [1.165, 1.54) is 10.4 Å². The number of sulfonamides is 1. The Balaban J connectivity index is 1.40. The number of para-hydroxylation sites is 2. The summed E-state index contributed by atoms with van der Waals surface area (Å²) in [6, 6.07) is 12.7. The van der Waals surface area contributed by atoms with Crippen molar-refractivity contribution < 1.29 is 13.2 Å². The van der Waals surface area contributed by atoms with Crippen molar-refractivity contribution in [1.29, 1.82) is 0 Å². The molecule has 1 saturated heterocycles. The largest absolute Gasteiger partial charge is 0.337 e. The third kappa shape index (κ3) is 4.50. The molecule has 1 fully saturated rings. The molecular formula is C23H24N4O3S. The van der Waals surface area contributed by atoms with E-state index in [-0.39, 0.29) is 19.0 Å². The number of benzene rings is 2. The standard InChI is InChI=1S/C23H24N4O3S/c1-17-7-9-20(15-18(17)2)31(29,30)27-13-11-26(12-14-27)23(28)10-8-19-16-24-21-5-3-4-6-22(21)25-19/h3-10,15-16H,11-14H2,1-2H3/b10-8+. The maximum Gasteiger partial charge on any atom is 0.246 e. The van der Waals surface area contributed by atoms with Crippen molar-refractivity contribution >= 4 is 33.0 Å². The van der Waals surface area contributed by atoms with Crippen molar-refractivity contribution in [3.63, 3.8) is 0 Å². The summed E-state index contributed by atoms with van der Waals surface area (Å²) < 4.78 is 27.3. The van der Waals surface area contributed by atoms with Gasteiger partial charge in [0.25, 0.3) is 0 Å². The van der Waals surface area contributed by atoms with Crippen LogP contribution in [0.3, 0.4) is 0 Å². The number of rotatable bonds is 4. The Morgan fingerprint density at radius 2 is 1.68 bits per heavy atom. The maximum absolute atomic E-state index is 12.9. The van der Waals surface area contributed by atoms with Crippen LogP contribution in [0.25, 0.3) is 17.1 Å². The van der Waals surface area contributed by atoms with Crippen molar-refractivity contribution in [2.45, 2.75) is 18.7 Å². The molecule has 0 atom stereocenters. The third-order valence-corrected chi connectivity index (χ3v) is 7.42. The summed E-state index contributed by atoms with van der Waals surface area (Å²) in [6.45, 7) is 5.08. The quantitative estimate of drug-likeness (QED) is 0.588. The smallest absolute Gasteiger partial charge is 0.246 e. The summed E-state index contributed by atoms with van der Waals surface area (Å²) in [5.41, 5.74) is 4.16. The fraction of sp³-hybridized carbons (Fsp3) is 0.261. The van der Waals surface area contributed by atoms with E-state index in [2.05, 4.69) is 9.97 Å². The minimum Gasteiger partial charge on any atom is -0.337 e. The minimum atomic E-state index is -3.57. The highest BCUT2D eigenvalue weighted by Crippen LogP contribution is 2.20. The number of hydrogen-bond donors (Lipinski definition) is 0. The van der Waals surface area contributed by atoms with Gasteiger partial charge in [0.1, 0.15) is 0 Å². The highest BCUT2D eigenvalue weighted by Gasteiger charge is 2.29. The second-order valence-corrected chi connectivity index (χ2v) is 9.53. The molecule has 7 nitrogen and oxygen atoms in total. The summed E-state index contributed by atoms with van der Waals surface area (Å²) in [4.78, 5) is 23.3. The van der Waals surface area contributed by atoms with Gasteiger partial charge in [-0.05, 0) is 55.3 Å². The van der Waals surface area contributed by atoms with E-state index >= 15 is 0 Å². The molecule has 1 amide bonds. The van der Waals surface area contributed by atoms with Crippen molar-refractivity contribution in [2.75, 3.05) is 26.2 Å².